The summed E-state index contributed by atoms with van der Waals surface area (Å²) in [5, 5.41) is 15.6. The quantitative estimate of drug-likeness (QED) is 0.388. The number of benzene rings is 1. The third kappa shape index (κ3) is 5.43. The van der Waals surface area contributed by atoms with Crippen molar-refractivity contribution in [2.24, 2.45) is 11.8 Å². The van der Waals surface area contributed by atoms with Gasteiger partial charge < -0.3 is 15.1 Å². The summed E-state index contributed by atoms with van der Waals surface area (Å²) in [4.78, 5) is 4.47. The van der Waals surface area contributed by atoms with E-state index in [4.69, 9.17) is 27.6 Å². The van der Waals surface area contributed by atoms with E-state index in [-0.39, 0.29) is 39.3 Å². The molecule has 5 rings (SSSR count). The number of hydrogen-bond acceptors (Lipinski definition) is 8. The Morgan fingerprint density at radius 1 is 1.19 bits per heavy atom. The summed E-state index contributed by atoms with van der Waals surface area (Å²) >= 11 is 13.5. The van der Waals surface area contributed by atoms with E-state index in [2.05, 4.69) is 44.9 Å². The van der Waals surface area contributed by atoms with Gasteiger partial charge >= 0.3 is 0 Å². The first-order valence-electron chi connectivity index (χ1n) is 12.3. The van der Waals surface area contributed by atoms with Gasteiger partial charge in [-0.3, -0.25) is 4.31 Å². The molecule has 2 aromatic heterocycles. The largest absolute Gasteiger partial charge is 0.419 e. The van der Waals surface area contributed by atoms with E-state index in [1.165, 1.54) is 12.6 Å². The Morgan fingerprint density at radius 3 is 2.59 bits per heavy atom. The Labute approximate surface area is 227 Å². The number of pyridine rings is 1. The molecule has 2 N–H and O–H groups in total. The summed E-state index contributed by atoms with van der Waals surface area (Å²) in [5.41, 5.74) is 1.44. The molecule has 1 saturated heterocycles. The molecule has 0 spiro atoms. The van der Waals surface area contributed by atoms with E-state index in [9.17, 15) is 8.42 Å². The van der Waals surface area contributed by atoms with Crippen molar-refractivity contribution in [1.29, 1.82) is 0 Å². The topological polar surface area (TPSA) is 113 Å². The number of nitrogens with zero attached hydrogens (tertiary/aromatic N) is 4. The lowest BCUT2D eigenvalue weighted by atomic mass is 9.85. The average Bonchev–Trinajstić information content (AvgIpc) is 3.38. The minimum Gasteiger partial charge on any atom is -0.419 e. The van der Waals surface area contributed by atoms with Gasteiger partial charge in [0, 0.05) is 19.5 Å². The highest BCUT2D eigenvalue weighted by atomic mass is 35.5. The van der Waals surface area contributed by atoms with E-state index in [0.717, 1.165) is 36.4 Å². The molecule has 9 nitrogen and oxygen atoms in total. The van der Waals surface area contributed by atoms with Gasteiger partial charge in [-0.2, -0.15) is 0 Å². The molecule has 1 saturated carbocycles. The van der Waals surface area contributed by atoms with Crippen LogP contribution in [0.25, 0.3) is 11.5 Å². The van der Waals surface area contributed by atoms with Gasteiger partial charge in [-0.15, -0.1) is 10.2 Å². The zero-order chi connectivity index (χ0) is 26.3. The second-order valence-electron chi connectivity index (χ2n) is 9.91. The van der Waals surface area contributed by atoms with Crippen LogP contribution in [0.5, 0.6) is 0 Å². The molecular formula is C25H30Cl2N6O3S. The molecule has 1 aliphatic heterocycles. The van der Waals surface area contributed by atoms with Crippen molar-refractivity contribution >= 4 is 44.9 Å². The number of nitrogens with one attached hydrogen (secondary N) is 2. The summed E-state index contributed by atoms with van der Waals surface area (Å²) in [7, 11) is -2.25. The lowest BCUT2D eigenvalue weighted by molar-refractivity contribution is 0.303. The molecule has 0 amide bonds. The molecule has 1 aromatic carbocycles. The Kier molecular flexibility index (Phi) is 7.37. The molecule has 3 heterocycles. The fourth-order valence-electron chi connectivity index (χ4n) is 4.78. The van der Waals surface area contributed by atoms with Crippen LogP contribution in [0.4, 0.5) is 11.6 Å². The number of sulfonamides is 1. The van der Waals surface area contributed by atoms with Crippen molar-refractivity contribution in [3.05, 3.63) is 51.8 Å². The number of rotatable bonds is 8. The third-order valence-corrected chi connectivity index (χ3v) is 9.17. The molecule has 37 heavy (non-hydrogen) atoms. The zero-order valence-electron chi connectivity index (χ0n) is 20.9. The fourth-order valence-corrected chi connectivity index (χ4v) is 5.95. The number of aromatic nitrogens is 3. The highest BCUT2D eigenvalue weighted by Gasteiger charge is 2.35. The Hall–Kier alpha value is -2.40. The van der Waals surface area contributed by atoms with Crippen molar-refractivity contribution in [3.8, 4) is 11.5 Å². The van der Waals surface area contributed by atoms with Crippen LogP contribution in [0, 0.1) is 11.8 Å². The predicted molar refractivity (Wildman–Crippen MR) is 146 cm³/mol. The predicted octanol–water partition coefficient (Wildman–Crippen LogP) is 5.11. The number of piperidine rings is 1. The standard InChI is InChI=1S/C25H30Cl2N6O3S/c1-14-12-16(14)13-29-22-19(26)18(20(27)23(30-22)33(2)37(3,34)35)24-31-32-25(36-24)21-17(10-7-11-28-21)15-8-5-4-6-9-15/h4-6,8-9,14,16-17,21,28H,7,10-13H2,1-3H3,(H,29,30)/t14-,16+,17+,21+/m1/s1. The van der Waals surface area contributed by atoms with Crippen LogP contribution >= 0.6 is 23.2 Å². The summed E-state index contributed by atoms with van der Waals surface area (Å²) in [6, 6.07) is 10.1. The van der Waals surface area contributed by atoms with E-state index in [1.807, 2.05) is 18.2 Å². The van der Waals surface area contributed by atoms with Gasteiger partial charge in [-0.05, 0) is 43.2 Å². The van der Waals surface area contributed by atoms with Crippen molar-refractivity contribution < 1.29 is 12.8 Å². The fraction of sp³-hybridized carbons (Fsp3) is 0.480. The molecule has 198 valence electrons. The van der Waals surface area contributed by atoms with E-state index in [0.29, 0.717) is 30.1 Å². The van der Waals surface area contributed by atoms with Crippen LogP contribution < -0.4 is 14.9 Å². The lowest BCUT2D eigenvalue weighted by Crippen LogP contribution is -2.33. The van der Waals surface area contributed by atoms with Gasteiger partial charge in [-0.25, -0.2) is 13.4 Å². The van der Waals surface area contributed by atoms with Crippen LogP contribution in [0.15, 0.2) is 34.7 Å². The van der Waals surface area contributed by atoms with Crippen LogP contribution in [-0.4, -0.2) is 50.0 Å². The second-order valence-corrected chi connectivity index (χ2v) is 12.7. The number of halogens is 2. The normalized spacial score (nSPS) is 23.6. The maximum Gasteiger partial charge on any atom is 0.251 e. The van der Waals surface area contributed by atoms with Crippen LogP contribution in [0.3, 0.4) is 0 Å². The van der Waals surface area contributed by atoms with Gasteiger partial charge in [0.1, 0.15) is 5.82 Å². The first-order valence-corrected chi connectivity index (χ1v) is 14.9. The van der Waals surface area contributed by atoms with Gasteiger partial charge in [0.05, 0.1) is 27.9 Å². The van der Waals surface area contributed by atoms with Crippen LogP contribution in [0.1, 0.15) is 49.6 Å². The Balaban J connectivity index is 1.54. The van der Waals surface area contributed by atoms with Crippen LogP contribution in [-0.2, 0) is 10.0 Å². The molecular weight excluding hydrogens is 535 g/mol. The maximum atomic E-state index is 12.3. The van der Waals surface area contributed by atoms with Gasteiger partial charge in [-0.1, -0.05) is 60.5 Å². The number of hydrogen-bond donors (Lipinski definition) is 2. The molecule has 3 aromatic rings. The summed E-state index contributed by atoms with van der Waals surface area (Å²) in [5.74, 6) is 2.18. The minimum atomic E-state index is -3.65. The maximum absolute atomic E-state index is 12.3. The minimum absolute atomic E-state index is 0.0228. The monoisotopic (exact) mass is 564 g/mol. The second kappa shape index (κ2) is 10.4. The molecule has 4 atom stereocenters. The average molecular weight is 566 g/mol. The zero-order valence-corrected chi connectivity index (χ0v) is 23.2. The SMILES string of the molecule is C[C@@H]1C[C@H]1CNc1nc(N(C)S(C)(=O)=O)c(Cl)c(-c2nnc([C@H]3NCCC[C@H]3c3ccccc3)o2)c1Cl. The molecule has 2 aliphatic rings. The highest BCUT2D eigenvalue weighted by Crippen LogP contribution is 2.45. The third-order valence-electron chi connectivity index (χ3n) is 7.27. The smallest absolute Gasteiger partial charge is 0.251 e. The van der Waals surface area contributed by atoms with Crippen molar-refractivity contribution in [1.82, 2.24) is 20.5 Å². The lowest BCUT2D eigenvalue weighted by Gasteiger charge is -2.30. The number of anilines is 2. The molecule has 12 heteroatoms. The van der Waals surface area contributed by atoms with E-state index >= 15 is 0 Å². The summed E-state index contributed by atoms with van der Waals surface area (Å²) in [6.07, 6.45) is 4.22. The molecule has 0 radical (unpaired) electrons. The van der Waals surface area contributed by atoms with E-state index in [1.54, 1.807) is 0 Å². The van der Waals surface area contributed by atoms with Crippen molar-refractivity contribution in [3.63, 3.8) is 0 Å². The van der Waals surface area contributed by atoms with Crippen molar-refractivity contribution in [2.45, 2.75) is 38.1 Å². The summed E-state index contributed by atoms with van der Waals surface area (Å²) < 4.78 is 31.9. The van der Waals surface area contributed by atoms with Crippen LogP contribution in [0.2, 0.25) is 10.0 Å². The van der Waals surface area contributed by atoms with Gasteiger partial charge in [0.15, 0.2) is 5.82 Å². The molecule has 1 aliphatic carbocycles. The van der Waals surface area contributed by atoms with E-state index < -0.39 is 10.0 Å². The molecule has 2 fully saturated rings. The highest BCUT2D eigenvalue weighted by molar-refractivity contribution is 7.92. The first-order chi connectivity index (χ1) is 17.6. The Bertz CT molecular complexity index is 1380. The summed E-state index contributed by atoms with van der Waals surface area (Å²) in [6.45, 7) is 3.68. The van der Waals surface area contributed by atoms with Gasteiger partial charge in [0.25, 0.3) is 5.89 Å². The van der Waals surface area contributed by atoms with Crippen molar-refractivity contribution in [2.75, 3.05) is 36.0 Å². The Morgan fingerprint density at radius 2 is 1.92 bits per heavy atom. The molecule has 0 bridgehead atoms. The van der Waals surface area contributed by atoms with Gasteiger partial charge in [0.2, 0.25) is 15.9 Å². The first kappa shape index (κ1) is 26.2. The molecule has 0 unspecified atom stereocenters.